The summed E-state index contributed by atoms with van der Waals surface area (Å²) in [5, 5.41) is 21.4. The van der Waals surface area contributed by atoms with Gasteiger partial charge in [-0.25, -0.2) is 0 Å². The Balaban J connectivity index is 0.00000261. The molecule has 144 valence electrons. The standard InChI is InChI=1S/C19H26BrNO4S.Li/c1-11-2-4-12(5-3-11)18(23)21(13-6-8-14(22)9-7-13)15-10-16(20)26-17(15)19(24)25;/h10-14,22H,2-9H2,1H3,(H,24,25);/q;+1/p-1/t11-,12-,13-,14-;. The fraction of sp³-hybridized carbons (Fsp3) is 0.684. The monoisotopic (exact) mass is 449 g/mol. The number of thiophene rings is 1. The van der Waals surface area contributed by atoms with Crippen molar-refractivity contribution in [1.29, 1.82) is 0 Å². The van der Waals surface area contributed by atoms with Crippen LogP contribution in [0.3, 0.4) is 0 Å². The van der Waals surface area contributed by atoms with Crippen LogP contribution in [-0.2, 0) is 4.79 Å². The third-order valence-corrected chi connectivity index (χ3v) is 7.37. The van der Waals surface area contributed by atoms with Crippen LogP contribution in [0.1, 0.15) is 68.0 Å². The number of carbonyl (C=O) groups is 2. The van der Waals surface area contributed by atoms with Gasteiger partial charge in [-0.3, -0.25) is 4.79 Å². The molecule has 0 spiro atoms. The molecule has 2 saturated carbocycles. The number of amides is 1. The van der Waals surface area contributed by atoms with E-state index >= 15 is 0 Å². The number of carbonyl (C=O) groups excluding carboxylic acids is 2. The van der Waals surface area contributed by atoms with Gasteiger partial charge >= 0.3 is 18.9 Å². The molecular formula is C19H25BrLiNO4S. The number of halogens is 1. The minimum atomic E-state index is -1.25. The maximum absolute atomic E-state index is 13.4. The second-order valence-electron chi connectivity index (χ2n) is 7.68. The first kappa shape index (κ1) is 23.0. The van der Waals surface area contributed by atoms with Crippen LogP contribution < -0.4 is 28.9 Å². The molecule has 2 fully saturated rings. The van der Waals surface area contributed by atoms with Crippen LogP contribution in [0.4, 0.5) is 5.69 Å². The molecule has 0 unspecified atom stereocenters. The first-order valence-electron chi connectivity index (χ1n) is 9.38. The number of anilines is 1. The number of rotatable bonds is 4. The van der Waals surface area contributed by atoms with Gasteiger partial charge < -0.3 is 19.9 Å². The quantitative estimate of drug-likeness (QED) is 0.672. The van der Waals surface area contributed by atoms with Crippen molar-refractivity contribution in [3.8, 4) is 0 Å². The molecule has 0 radical (unpaired) electrons. The molecule has 0 aromatic carbocycles. The molecule has 8 heteroatoms. The Labute approximate surface area is 184 Å². The van der Waals surface area contributed by atoms with Gasteiger partial charge in [-0.15, -0.1) is 11.3 Å². The summed E-state index contributed by atoms with van der Waals surface area (Å²) in [4.78, 5) is 26.8. The van der Waals surface area contributed by atoms with Crippen LogP contribution in [-0.4, -0.2) is 29.1 Å². The predicted octanol–water partition coefficient (Wildman–Crippen LogP) is 0.341. The number of carboxylic acid groups (broad SMARTS) is 1. The van der Waals surface area contributed by atoms with Crippen molar-refractivity contribution >= 4 is 44.8 Å². The second kappa shape index (κ2) is 9.93. The van der Waals surface area contributed by atoms with Crippen LogP contribution >= 0.6 is 27.3 Å². The number of carboxylic acids is 1. The van der Waals surface area contributed by atoms with Crippen molar-refractivity contribution in [3.63, 3.8) is 0 Å². The smallest absolute Gasteiger partial charge is 0.544 e. The largest absolute Gasteiger partial charge is 1.00 e. The van der Waals surface area contributed by atoms with Gasteiger partial charge in [0.15, 0.2) is 0 Å². The van der Waals surface area contributed by atoms with Crippen molar-refractivity contribution in [3.05, 3.63) is 14.7 Å². The molecule has 5 nitrogen and oxygen atoms in total. The minimum absolute atomic E-state index is 0. The fourth-order valence-electron chi connectivity index (χ4n) is 4.19. The molecule has 1 aromatic rings. The summed E-state index contributed by atoms with van der Waals surface area (Å²) < 4.78 is 0.678. The number of aromatic carboxylic acids is 1. The predicted molar refractivity (Wildman–Crippen MR) is 103 cm³/mol. The Morgan fingerprint density at radius 2 is 1.74 bits per heavy atom. The van der Waals surface area contributed by atoms with Gasteiger partial charge in [0.2, 0.25) is 5.91 Å². The van der Waals surface area contributed by atoms with E-state index in [1.54, 1.807) is 11.0 Å². The molecular weight excluding hydrogens is 425 g/mol. The Kier molecular flexibility index (Phi) is 8.45. The summed E-state index contributed by atoms with van der Waals surface area (Å²) in [7, 11) is 0. The topological polar surface area (TPSA) is 80.7 Å². The van der Waals surface area contributed by atoms with Crippen LogP contribution in [0.25, 0.3) is 0 Å². The molecule has 3 rings (SSSR count). The van der Waals surface area contributed by atoms with E-state index < -0.39 is 5.97 Å². The summed E-state index contributed by atoms with van der Waals surface area (Å²) in [6.45, 7) is 2.21. The summed E-state index contributed by atoms with van der Waals surface area (Å²) >= 11 is 4.45. The summed E-state index contributed by atoms with van der Waals surface area (Å²) in [6, 6.07) is 1.66. The van der Waals surface area contributed by atoms with E-state index in [4.69, 9.17) is 0 Å². The van der Waals surface area contributed by atoms with E-state index in [9.17, 15) is 19.8 Å². The van der Waals surface area contributed by atoms with Crippen molar-refractivity contribution in [2.24, 2.45) is 11.8 Å². The molecule has 1 heterocycles. The number of hydrogen-bond acceptors (Lipinski definition) is 5. The van der Waals surface area contributed by atoms with Gasteiger partial charge in [0.05, 0.1) is 26.4 Å². The van der Waals surface area contributed by atoms with Gasteiger partial charge in [0.25, 0.3) is 0 Å². The molecule has 1 amide bonds. The minimum Gasteiger partial charge on any atom is -0.544 e. The van der Waals surface area contributed by atoms with Gasteiger partial charge in [-0.1, -0.05) is 6.92 Å². The fourth-order valence-corrected chi connectivity index (χ4v) is 5.61. The molecule has 27 heavy (non-hydrogen) atoms. The van der Waals surface area contributed by atoms with Crippen LogP contribution in [0, 0.1) is 11.8 Å². The van der Waals surface area contributed by atoms with Gasteiger partial charge in [-0.05, 0) is 79.3 Å². The maximum Gasteiger partial charge on any atom is 1.00 e. The van der Waals surface area contributed by atoms with E-state index in [0.29, 0.717) is 41.1 Å². The maximum atomic E-state index is 13.4. The second-order valence-corrected chi connectivity index (χ2v) is 10.1. The van der Waals surface area contributed by atoms with Gasteiger partial charge in [-0.2, -0.15) is 0 Å². The number of aliphatic hydroxyl groups is 1. The van der Waals surface area contributed by atoms with Crippen LogP contribution in [0.15, 0.2) is 9.85 Å². The first-order valence-corrected chi connectivity index (χ1v) is 11.0. The van der Waals surface area contributed by atoms with E-state index in [-0.39, 0.29) is 47.7 Å². The summed E-state index contributed by atoms with van der Waals surface area (Å²) in [6.07, 6.45) is 6.13. The van der Waals surface area contributed by atoms with E-state index in [1.807, 2.05) is 0 Å². The molecule has 0 bridgehead atoms. The molecule has 2 aliphatic rings. The van der Waals surface area contributed by atoms with Gasteiger partial charge in [0.1, 0.15) is 0 Å². The summed E-state index contributed by atoms with van der Waals surface area (Å²) in [5.41, 5.74) is 0.451. The zero-order valence-corrected chi connectivity index (χ0v) is 18.4. The Morgan fingerprint density at radius 3 is 2.30 bits per heavy atom. The molecule has 1 aromatic heterocycles. The average molecular weight is 450 g/mol. The zero-order chi connectivity index (χ0) is 18.8. The third-order valence-electron chi connectivity index (χ3n) is 5.76. The van der Waals surface area contributed by atoms with E-state index in [2.05, 4.69) is 22.9 Å². The van der Waals surface area contributed by atoms with Crippen molar-refractivity contribution < 1.29 is 38.7 Å². The Bertz CT molecular complexity index is 667. The van der Waals surface area contributed by atoms with Crippen molar-refractivity contribution in [2.45, 2.75) is 70.4 Å². The molecule has 1 N–H and O–H groups in total. The molecule has 2 aliphatic carbocycles. The Morgan fingerprint density at radius 1 is 1.15 bits per heavy atom. The normalized spacial score (nSPS) is 28.3. The summed E-state index contributed by atoms with van der Waals surface area (Å²) in [5.74, 6) is -0.620. The van der Waals surface area contributed by atoms with Crippen LogP contribution in [0.5, 0.6) is 0 Å². The van der Waals surface area contributed by atoms with Gasteiger partial charge in [0, 0.05) is 12.0 Å². The number of hydrogen-bond donors (Lipinski definition) is 1. The number of aliphatic hydroxyl groups excluding tert-OH is 1. The third kappa shape index (κ3) is 5.39. The van der Waals surface area contributed by atoms with Crippen molar-refractivity contribution in [1.82, 2.24) is 0 Å². The first-order chi connectivity index (χ1) is 12.4. The molecule has 0 atom stereocenters. The number of nitrogens with zero attached hydrogens (tertiary/aromatic N) is 1. The average Bonchev–Trinajstić information content (AvgIpc) is 2.99. The Hall–Kier alpha value is -0.323. The van der Waals surface area contributed by atoms with Crippen LogP contribution in [0.2, 0.25) is 0 Å². The SMILES string of the molecule is C[C@H]1CC[C@H](C(=O)N(c2cc(Br)sc2C(=O)[O-])[C@H]2CC[C@H](O)CC2)CC1.[Li+]. The zero-order valence-electron chi connectivity index (χ0n) is 15.9. The van der Waals surface area contributed by atoms with E-state index in [0.717, 1.165) is 37.0 Å². The van der Waals surface area contributed by atoms with E-state index in [1.165, 1.54) is 0 Å². The molecule has 0 saturated heterocycles. The van der Waals surface area contributed by atoms with Crippen molar-refractivity contribution in [2.75, 3.05) is 4.90 Å². The molecule has 0 aliphatic heterocycles.